The number of carbonyl (C=O) groups is 1. The molecule has 0 aliphatic rings. The Hall–Kier alpha value is -1.13. The summed E-state index contributed by atoms with van der Waals surface area (Å²) in [5.74, 6) is -0.373. The summed E-state index contributed by atoms with van der Waals surface area (Å²) in [6.45, 7) is 1.52. The SMILES string of the molecule is CNCCCNC(=O)Cc1cccc(F)c1.Cl. The van der Waals surface area contributed by atoms with E-state index in [9.17, 15) is 9.18 Å². The Labute approximate surface area is 107 Å². The second kappa shape index (κ2) is 8.96. The first kappa shape index (κ1) is 15.9. The van der Waals surface area contributed by atoms with Crippen molar-refractivity contribution < 1.29 is 9.18 Å². The van der Waals surface area contributed by atoms with Crippen molar-refractivity contribution in [3.63, 3.8) is 0 Å². The highest BCUT2D eigenvalue weighted by atomic mass is 35.5. The zero-order chi connectivity index (χ0) is 11.8. The molecule has 0 bridgehead atoms. The van der Waals surface area contributed by atoms with Crippen LogP contribution >= 0.6 is 12.4 Å². The molecule has 1 amide bonds. The molecule has 0 fully saturated rings. The van der Waals surface area contributed by atoms with E-state index in [1.807, 2.05) is 7.05 Å². The number of hydrogen-bond acceptors (Lipinski definition) is 2. The first-order valence-corrected chi connectivity index (χ1v) is 5.38. The predicted octanol–water partition coefficient (Wildman–Crippen LogP) is 1.52. The zero-order valence-electron chi connectivity index (χ0n) is 9.83. The van der Waals surface area contributed by atoms with E-state index in [0.717, 1.165) is 13.0 Å². The third-order valence-corrected chi connectivity index (χ3v) is 2.18. The maximum Gasteiger partial charge on any atom is 0.224 e. The minimum Gasteiger partial charge on any atom is -0.356 e. The summed E-state index contributed by atoms with van der Waals surface area (Å²) in [6.07, 6.45) is 1.13. The minimum atomic E-state index is -0.305. The van der Waals surface area contributed by atoms with Crippen LogP contribution in [0.25, 0.3) is 0 Å². The second-order valence-electron chi connectivity index (χ2n) is 3.61. The second-order valence-corrected chi connectivity index (χ2v) is 3.61. The van der Waals surface area contributed by atoms with Crippen LogP contribution < -0.4 is 10.6 Å². The van der Waals surface area contributed by atoms with Gasteiger partial charge in [0.2, 0.25) is 5.91 Å². The molecule has 0 aliphatic heterocycles. The van der Waals surface area contributed by atoms with Gasteiger partial charge in [-0.15, -0.1) is 12.4 Å². The molecule has 96 valence electrons. The van der Waals surface area contributed by atoms with E-state index in [1.54, 1.807) is 12.1 Å². The van der Waals surface area contributed by atoms with Crippen LogP contribution in [0.4, 0.5) is 4.39 Å². The Morgan fingerprint density at radius 2 is 2.12 bits per heavy atom. The largest absolute Gasteiger partial charge is 0.356 e. The molecule has 0 saturated carbocycles. The lowest BCUT2D eigenvalue weighted by atomic mass is 10.1. The first-order valence-electron chi connectivity index (χ1n) is 5.38. The zero-order valence-corrected chi connectivity index (χ0v) is 10.6. The standard InChI is InChI=1S/C12H17FN2O.ClH/c1-14-6-3-7-15-12(16)9-10-4-2-5-11(13)8-10;/h2,4-5,8,14H,3,6-7,9H2,1H3,(H,15,16);1H. The molecule has 1 aromatic rings. The molecule has 5 heteroatoms. The molecule has 2 N–H and O–H groups in total. The highest BCUT2D eigenvalue weighted by Gasteiger charge is 2.03. The van der Waals surface area contributed by atoms with Crippen molar-refractivity contribution in [1.29, 1.82) is 0 Å². The Morgan fingerprint density at radius 1 is 1.35 bits per heavy atom. The monoisotopic (exact) mass is 260 g/mol. The third kappa shape index (κ3) is 6.92. The van der Waals surface area contributed by atoms with Crippen LogP contribution in [-0.4, -0.2) is 26.0 Å². The van der Waals surface area contributed by atoms with Gasteiger partial charge < -0.3 is 10.6 Å². The molecule has 17 heavy (non-hydrogen) atoms. The smallest absolute Gasteiger partial charge is 0.224 e. The predicted molar refractivity (Wildman–Crippen MR) is 68.9 cm³/mol. The number of amides is 1. The molecule has 0 spiro atoms. The number of rotatable bonds is 6. The molecule has 0 atom stereocenters. The average molecular weight is 261 g/mol. The van der Waals surface area contributed by atoms with Crippen LogP contribution in [0.15, 0.2) is 24.3 Å². The van der Waals surface area contributed by atoms with Gasteiger partial charge in [0.1, 0.15) is 5.82 Å². The molecule has 1 rings (SSSR count). The van der Waals surface area contributed by atoms with Gasteiger partial charge in [0.25, 0.3) is 0 Å². The van der Waals surface area contributed by atoms with Crippen LogP contribution in [0.2, 0.25) is 0 Å². The summed E-state index contributed by atoms with van der Waals surface area (Å²) < 4.78 is 12.8. The maximum absolute atomic E-state index is 12.8. The topological polar surface area (TPSA) is 41.1 Å². The number of benzene rings is 1. The minimum absolute atomic E-state index is 0. The van der Waals surface area contributed by atoms with Crippen LogP contribution in [0.3, 0.4) is 0 Å². The van der Waals surface area contributed by atoms with Crippen LogP contribution in [0, 0.1) is 5.82 Å². The van der Waals surface area contributed by atoms with Crippen molar-refractivity contribution >= 4 is 18.3 Å². The third-order valence-electron chi connectivity index (χ3n) is 2.18. The van der Waals surface area contributed by atoms with Crippen LogP contribution in [0.5, 0.6) is 0 Å². The van der Waals surface area contributed by atoms with Crippen LogP contribution in [0.1, 0.15) is 12.0 Å². The van der Waals surface area contributed by atoms with E-state index in [4.69, 9.17) is 0 Å². The summed E-state index contributed by atoms with van der Waals surface area (Å²) in [6, 6.07) is 6.11. The van der Waals surface area contributed by atoms with Gasteiger partial charge in [-0.05, 0) is 37.7 Å². The average Bonchev–Trinajstić information content (AvgIpc) is 2.24. The fraction of sp³-hybridized carbons (Fsp3) is 0.417. The van der Waals surface area contributed by atoms with Crippen molar-refractivity contribution in [3.05, 3.63) is 35.6 Å². The van der Waals surface area contributed by atoms with Crippen molar-refractivity contribution in [2.45, 2.75) is 12.8 Å². The molecule has 0 aromatic heterocycles. The van der Waals surface area contributed by atoms with Crippen molar-refractivity contribution in [1.82, 2.24) is 10.6 Å². The lowest BCUT2D eigenvalue weighted by molar-refractivity contribution is -0.120. The molecule has 0 saturated heterocycles. The number of halogens is 2. The Kier molecular flexibility index (Phi) is 8.36. The van der Waals surface area contributed by atoms with Gasteiger partial charge in [0, 0.05) is 6.54 Å². The summed E-state index contributed by atoms with van der Waals surface area (Å²) in [7, 11) is 1.87. The molecule has 0 aliphatic carbocycles. The summed E-state index contributed by atoms with van der Waals surface area (Å²) in [4.78, 5) is 11.4. The molecule has 1 aromatic carbocycles. The summed E-state index contributed by atoms with van der Waals surface area (Å²) in [5.41, 5.74) is 0.700. The van der Waals surface area contributed by atoms with Gasteiger partial charge in [-0.3, -0.25) is 4.79 Å². The highest BCUT2D eigenvalue weighted by Crippen LogP contribution is 2.03. The van der Waals surface area contributed by atoms with E-state index >= 15 is 0 Å². The summed E-state index contributed by atoms with van der Waals surface area (Å²) in [5, 5.41) is 5.78. The molecular weight excluding hydrogens is 243 g/mol. The van der Waals surface area contributed by atoms with Gasteiger partial charge in [0.05, 0.1) is 6.42 Å². The van der Waals surface area contributed by atoms with E-state index in [2.05, 4.69) is 10.6 Å². The lowest BCUT2D eigenvalue weighted by Crippen LogP contribution is -2.27. The van der Waals surface area contributed by atoms with E-state index in [-0.39, 0.29) is 30.6 Å². The van der Waals surface area contributed by atoms with E-state index in [1.165, 1.54) is 12.1 Å². The van der Waals surface area contributed by atoms with Gasteiger partial charge in [-0.25, -0.2) is 4.39 Å². The van der Waals surface area contributed by atoms with Gasteiger partial charge in [-0.2, -0.15) is 0 Å². The van der Waals surface area contributed by atoms with Gasteiger partial charge >= 0.3 is 0 Å². The van der Waals surface area contributed by atoms with Crippen molar-refractivity contribution in [2.75, 3.05) is 20.1 Å². The van der Waals surface area contributed by atoms with Gasteiger partial charge in [-0.1, -0.05) is 12.1 Å². The number of nitrogens with one attached hydrogen (secondary N) is 2. The number of carbonyl (C=O) groups excluding carboxylic acids is 1. The lowest BCUT2D eigenvalue weighted by Gasteiger charge is -2.05. The fourth-order valence-corrected chi connectivity index (χ4v) is 1.39. The fourth-order valence-electron chi connectivity index (χ4n) is 1.39. The van der Waals surface area contributed by atoms with Crippen LogP contribution in [-0.2, 0) is 11.2 Å². The maximum atomic E-state index is 12.8. The van der Waals surface area contributed by atoms with Gasteiger partial charge in [0.15, 0.2) is 0 Å². The summed E-state index contributed by atoms with van der Waals surface area (Å²) >= 11 is 0. The quantitative estimate of drug-likeness (QED) is 0.762. The highest BCUT2D eigenvalue weighted by molar-refractivity contribution is 5.85. The molecule has 3 nitrogen and oxygen atoms in total. The van der Waals surface area contributed by atoms with Crippen molar-refractivity contribution in [3.8, 4) is 0 Å². The Morgan fingerprint density at radius 3 is 2.76 bits per heavy atom. The normalized spacial score (nSPS) is 9.53. The number of hydrogen-bond donors (Lipinski definition) is 2. The molecule has 0 unspecified atom stereocenters. The van der Waals surface area contributed by atoms with Crippen molar-refractivity contribution in [2.24, 2.45) is 0 Å². The Bertz CT molecular complexity index is 347. The van der Waals surface area contributed by atoms with E-state index in [0.29, 0.717) is 12.1 Å². The van der Waals surface area contributed by atoms with E-state index < -0.39 is 0 Å². The molecule has 0 radical (unpaired) electrons. The molecular formula is C12H18ClFN2O. The molecule has 0 heterocycles. The first-order chi connectivity index (χ1) is 7.72. The Balaban J connectivity index is 0.00000256.